The largest absolute Gasteiger partial charge is 0.202 e. The highest BCUT2D eigenvalue weighted by atomic mass is 15.4. The maximum Gasteiger partial charge on any atom is 0.145 e. The first-order valence-corrected chi connectivity index (χ1v) is 6.24. The molecule has 0 radical (unpaired) electrons. The van der Waals surface area contributed by atoms with Crippen molar-refractivity contribution in [1.82, 2.24) is 15.0 Å². The van der Waals surface area contributed by atoms with Crippen molar-refractivity contribution in [3.8, 4) is 12.1 Å². The first-order chi connectivity index (χ1) is 10.3. The predicted octanol–water partition coefficient (Wildman–Crippen LogP) is 2.82. The monoisotopic (exact) mass is 271 g/mol. The molecule has 2 aromatic carbocycles. The Labute approximate surface area is 121 Å². The second kappa shape index (κ2) is 5.28. The quantitative estimate of drug-likeness (QED) is 0.671. The molecule has 0 unspecified atom stereocenters. The van der Waals surface area contributed by atoms with E-state index < -0.39 is 0 Å². The molecule has 0 amide bonds. The van der Waals surface area contributed by atoms with E-state index in [2.05, 4.69) is 22.5 Å². The van der Waals surface area contributed by atoms with Crippen LogP contribution in [-0.4, -0.2) is 15.0 Å². The molecule has 0 saturated carbocycles. The third-order valence-corrected chi connectivity index (χ3v) is 3.04. The number of para-hydroxylation sites is 1. The lowest BCUT2D eigenvalue weighted by Crippen LogP contribution is -1.97. The first-order valence-electron chi connectivity index (χ1n) is 6.24. The van der Waals surface area contributed by atoms with Crippen LogP contribution in [0.5, 0.6) is 0 Å². The molecule has 0 aliphatic heterocycles. The van der Waals surface area contributed by atoms with Gasteiger partial charge in [-0.1, -0.05) is 29.5 Å². The fraction of sp³-hybridized carbons (Fsp3) is 0. The van der Waals surface area contributed by atoms with Gasteiger partial charge in [0.15, 0.2) is 0 Å². The van der Waals surface area contributed by atoms with E-state index in [1.165, 1.54) is 4.68 Å². The predicted molar refractivity (Wildman–Crippen MR) is 78.5 cm³/mol. The Hall–Kier alpha value is -3.44. The molecule has 1 aromatic heterocycles. The van der Waals surface area contributed by atoms with Gasteiger partial charge >= 0.3 is 0 Å². The molecular weight excluding hydrogens is 262 g/mol. The molecule has 98 valence electrons. The van der Waals surface area contributed by atoms with Crippen molar-refractivity contribution in [2.45, 2.75) is 0 Å². The molecular formula is C16H9N5. The van der Waals surface area contributed by atoms with E-state index in [0.29, 0.717) is 11.3 Å². The summed E-state index contributed by atoms with van der Waals surface area (Å²) >= 11 is 0. The van der Waals surface area contributed by atoms with Crippen molar-refractivity contribution in [2.75, 3.05) is 0 Å². The van der Waals surface area contributed by atoms with E-state index in [4.69, 9.17) is 5.26 Å². The zero-order valence-electron chi connectivity index (χ0n) is 10.9. The number of hydrogen-bond donors (Lipinski definition) is 0. The summed E-state index contributed by atoms with van der Waals surface area (Å²) in [7, 11) is 0. The van der Waals surface area contributed by atoms with Crippen molar-refractivity contribution >= 4 is 22.8 Å². The van der Waals surface area contributed by atoms with E-state index in [-0.39, 0.29) is 0 Å². The van der Waals surface area contributed by atoms with Crippen LogP contribution in [0.25, 0.3) is 22.8 Å². The Bertz CT molecular complexity index is 904. The highest BCUT2D eigenvalue weighted by Crippen LogP contribution is 2.17. The van der Waals surface area contributed by atoms with E-state index in [9.17, 15) is 5.26 Å². The Balaban J connectivity index is 2.07. The summed E-state index contributed by atoms with van der Waals surface area (Å²) in [5, 5.41) is 26.2. The van der Waals surface area contributed by atoms with Gasteiger partial charge in [-0.15, -0.1) is 5.10 Å². The molecule has 3 rings (SSSR count). The fourth-order valence-corrected chi connectivity index (χ4v) is 2.00. The van der Waals surface area contributed by atoms with Gasteiger partial charge in [0.05, 0.1) is 17.1 Å². The zero-order chi connectivity index (χ0) is 14.7. The normalized spacial score (nSPS) is 11.0. The third kappa shape index (κ3) is 2.36. The van der Waals surface area contributed by atoms with E-state index in [1.54, 1.807) is 30.3 Å². The summed E-state index contributed by atoms with van der Waals surface area (Å²) in [5.74, 6) is 0. The lowest BCUT2D eigenvalue weighted by Gasteiger charge is -2.00. The van der Waals surface area contributed by atoms with Crippen LogP contribution in [-0.2, 0) is 0 Å². The zero-order valence-corrected chi connectivity index (χ0v) is 10.9. The number of rotatable bonds is 2. The molecule has 3 aromatic rings. The summed E-state index contributed by atoms with van der Waals surface area (Å²) in [4.78, 5) is 0. The number of nitrogens with zero attached hydrogens (tertiary/aromatic N) is 5. The average Bonchev–Trinajstić information content (AvgIpc) is 2.97. The molecule has 0 bridgehead atoms. The Morgan fingerprint density at radius 2 is 1.81 bits per heavy atom. The molecule has 0 aliphatic rings. The van der Waals surface area contributed by atoms with Crippen molar-refractivity contribution in [3.63, 3.8) is 0 Å². The van der Waals surface area contributed by atoms with Crippen LogP contribution in [0.15, 0.2) is 48.5 Å². The van der Waals surface area contributed by atoms with Crippen molar-refractivity contribution in [3.05, 3.63) is 59.7 Å². The molecule has 0 N–H and O–H groups in total. The van der Waals surface area contributed by atoms with Gasteiger partial charge in [-0.3, -0.25) is 0 Å². The van der Waals surface area contributed by atoms with Gasteiger partial charge in [0.1, 0.15) is 17.3 Å². The van der Waals surface area contributed by atoms with Crippen LogP contribution in [0.4, 0.5) is 0 Å². The second-order valence-corrected chi connectivity index (χ2v) is 4.37. The van der Waals surface area contributed by atoms with Crippen LogP contribution in [0.1, 0.15) is 11.1 Å². The maximum absolute atomic E-state index is 9.36. The van der Waals surface area contributed by atoms with Gasteiger partial charge in [-0.05, 0) is 35.9 Å². The van der Waals surface area contributed by atoms with Crippen LogP contribution in [0.2, 0.25) is 0 Å². The summed E-state index contributed by atoms with van der Waals surface area (Å²) < 4.78 is 1.51. The Morgan fingerprint density at radius 1 is 1.05 bits per heavy atom. The standard InChI is InChI=1S/C16H9N5/c17-10-13-7-5-12(6-8-13)9-14(11-18)21-16-4-2-1-3-15(16)19-20-21/h1-9H/b14-9+. The summed E-state index contributed by atoms with van der Waals surface area (Å²) in [6.07, 6.45) is 1.71. The number of nitriles is 2. The highest BCUT2D eigenvalue weighted by Gasteiger charge is 2.07. The van der Waals surface area contributed by atoms with E-state index >= 15 is 0 Å². The van der Waals surface area contributed by atoms with E-state index in [1.807, 2.05) is 24.3 Å². The van der Waals surface area contributed by atoms with Gasteiger partial charge < -0.3 is 0 Å². The lowest BCUT2D eigenvalue weighted by atomic mass is 10.1. The molecule has 0 atom stereocenters. The molecule has 0 saturated heterocycles. The first kappa shape index (κ1) is 12.6. The lowest BCUT2D eigenvalue weighted by molar-refractivity contribution is 0.848. The van der Waals surface area contributed by atoms with Crippen molar-refractivity contribution in [1.29, 1.82) is 10.5 Å². The molecule has 5 nitrogen and oxygen atoms in total. The van der Waals surface area contributed by atoms with Crippen LogP contribution in [0.3, 0.4) is 0 Å². The van der Waals surface area contributed by atoms with E-state index in [0.717, 1.165) is 16.6 Å². The van der Waals surface area contributed by atoms with Crippen LogP contribution >= 0.6 is 0 Å². The third-order valence-electron chi connectivity index (χ3n) is 3.04. The summed E-state index contributed by atoms with van der Waals surface area (Å²) in [6.45, 7) is 0. The minimum absolute atomic E-state index is 0.369. The molecule has 0 fully saturated rings. The topological polar surface area (TPSA) is 78.3 Å². The van der Waals surface area contributed by atoms with Gasteiger partial charge in [0, 0.05) is 0 Å². The van der Waals surface area contributed by atoms with Gasteiger partial charge in [0.25, 0.3) is 0 Å². The molecule has 1 heterocycles. The summed E-state index contributed by atoms with van der Waals surface area (Å²) in [5.41, 5.74) is 3.29. The van der Waals surface area contributed by atoms with Crippen molar-refractivity contribution in [2.24, 2.45) is 0 Å². The van der Waals surface area contributed by atoms with Gasteiger partial charge in [-0.25, -0.2) is 4.68 Å². The summed E-state index contributed by atoms with van der Waals surface area (Å²) in [6, 6.07) is 18.6. The molecule has 0 spiro atoms. The molecule has 21 heavy (non-hydrogen) atoms. The molecule has 5 heteroatoms. The minimum atomic E-state index is 0.369. The average molecular weight is 271 g/mol. The number of allylic oxidation sites excluding steroid dienone is 1. The number of fused-ring (bicyclic) bond motifs is 1. The molecule has 0 aliphatic carbocycles. The van der Waals surface area contributed by atoms with Gasteiger partial charge in [-0.2, -0.15) is 10.5 Å². The number of aromatic nitrogens is 3. The fourth-order valence-electron chi connectivity index (χ4n) is 2.00. The van der Waals surface area contributed by atoms with Gasteiger partial charge in [0.2, 0.25) is 0 Å². The van der Waals surface area contributed by atoms with Crippen molar-refractivity contribution < 1.29 is 0 Å². The Kier molecular flexibility index (Phi) is 3.16. The van der Waals surface area contributed by atoms with Crippen LogP contribution < -0.4 is 0 Å². The van der Waals surface area contributed by atoms with Crippen LogP contribution in [0, 0.1) is 22.7 Å². The maximum atomic E-state index is 9.36. The second-order valence-electron chi connectivity index (χ2n) is 4.37. The number of hydrogen-bond acceptors (Lipinski definition) is 4. The smallest absolute Gasteiger partial charge is 0.145 e. The SMILES string of the molecule is N#C/C(=C\c1ccc(C#N)cc1)n1nnc2ccccc21. The highest BCUT2D eigenvalue weighted by molar-refractivity contribution is 5.86. The number of benzene rings is 2. The Morgan fingerprint density at radius 3 is 2.52 bits per heavy atom. The minimum Gasteiger partial charge on any atom is -0.202 e.